The molecule has 0 saturated carbocycles. The molecule has 0 radical (unpaired) electrons. The second kappa shape index (κ2) is 6.99. The average molecular weight is 320 g/mol. The molecule has 1 aromatic heterocycles. The lowest BCUT2D eigenvalue weighted by Gasteiger charge is -2.10. The predicted octanol–water partition coefficient (Wildman–Crippen LogP) is 0.421. The molecule has 0 spiro atoms. The van der Waals surface area contributed by atoms with Crippen molar-refractivity contribution in [3.63, 3.8) is 0 Å². The fraction of sp³-hybridized carbons (Fsp3) is 0.333. The number of fused-ring (bicyclic) bond motifs is 1. The van der Waals surface area contributed by atoms with E-state index in [0.717, 1.165) is 6.07 Å². The number of aromatic nitrogens is 2. The van der Waals surface area contributed by atoms with E-state index in [4.69, 9.17) is 0 Å². The summed E-state index contributed by atoms with van der Waals surface area (Å²) < 4.78 is 14.8. The van der Waals surface area contributed by atoms with Gasteiger partial charge in [0.15, 0.2) is 5.69 Å². The van der Waals surface area contributed by atoms with Gasteiger partial charge in [-0.05, 0) is 32.0 Å². The van der Waals surface area contributed by atoms with Gasteiger partial charge in [-0.3, -0.25) is 19.1 Å². The van der Waals surface area contributed by atoms with Gasteiger partial charge < -0.3 is 10.6 Å². The molecule has 0 unspecified atom stereocenters. The van der Waals surface area contributed by atoms with Gasteiger partial charge in [0.25, 0.3) is 5.91 Å². The first-order valence-electron chi connectivity index (χ1n) is 7.23. The number of nitrogens with zero attached hydrogens (tertiary/aromatic N) is 2. The Morgan fingerprint density at radius 1 is 1.26 bits per heavy atom. The molecule has 2 aromatic rings. The third kappa shape index (κ3) is 3.53. The third-order valence-electron chi connectivity index (χ3n) is 3.22. The molecule has 2 N–H and O–H groups in total. The van der Waals surface area contributed by atoms with Crippen molar-refractivity contribution in [3.8, 4) is 0 Å². The molecule has 2 rings (SSSR count). The third-order valence-corrected chi connectivity index (χ3v) is 3.22. The Bertz CT molecular complexity index is 816. The molecule has 122 valence electrons. The number of aryl methyl sites for hydroxylation is 1. The molecule has 0 saturated heterocycles. The van der Waals surface area contributed by atoms with Crippen LogP contribution in [0.1, 0.15) is 24.3 Å². The lowest BCUT2D eigenvalue weighted by molar-refractivity contribution is -0.120. The van der Waals surface area contributed by atoms with Crippen LogP contribution in [-0.4, -0.2) is 34.7 Å². The summed E-state index contributed by atoms with van der Waals surface area (Å²) in [5, 5.41) is 8.94. The molecular weight excluding hydrogens is 303 g/mol. The highest BCUT2D eigenvalue weighted by atomic mass is 19.1. The summed E-state index contributed by atoms with van der Waals surface area (Å²) in [5.41, 5.74) is -0.592. The number of hydrogen-bond donors (Lipinski definition) is 2. The van der Waals surface area contributed by atoms with E-state index < -0.39 is 17.2 Å². The van der Waals surface area contributed by atoms with Crippen molar-refractivity contribution in [2.45, 2.75) is 20.4 Å². The summed E-state index contributed by atoms with van der Waals surface area (Å²) in [5.74, 6) is -1.71. The first kappa shape index (κ1) is 16.6. The highest BCUT2D eigenvalue weighted by Gasteiger charge is 2.18. The van der Waals surface area contributed by atoms with E-state index in [0.29, 0.717) is 18.6 Å². The van der Waals surface area contributed by atoms with Crippen LogP contribution in [0.5, 0.6) is 0 Å². The van der Waals surface area contributed by atoms with Gasteiger partial charge in [-0.1, -0.05) is 0 Å². The summed E-state index contributed by atoms with van der Waals surface area (Å²) in [6.45, 7) is 4.11. The van der Waals surface area contributed by atoms with Gasteiger partial charge in [-0.25, -0.2) is 4.39 Å². The Balaban J connectivity index is 2.40. The zero-order valence-electron chi connectivity index (χ0n) is 12.9. The van der Waals surface area contributed by atoms with Gasteiger partial charge in [-0.15, -0.1) is 0 Å². The average Bonchev–Trinajstić information content (AvgIpc) is 2.53. The van der Waals surface area contributed by atoms with Crippen LogP contribution in [0.25, 0.3) is 10.9 Å². The first-order chi connectivity index (χ1) is 11.0. The van der Waals surface area contributed by atoms with E-state index in [9.17, 15) is 18.8 Å². The molecule has 0 fully saturated rings. The maximum atomic E-state index is 13.4. The molecule has 1 aromatic carbocycles. The highest BCUT2D eigenvalue weighted by Crippen LogP contribution is 2.12. The van der Waals surface area contributed by atoms with Gasteiger partial charge in [0.1, 0.15) is 5.82 Å². The Morgan fingerprint density at radius 3 is 2.65 bits per heavy atom. The molecule has 23 heavy (non-hydrogen) atoms. The second-order valence-electron chi connectivity index (χ2n) is 4.79. The number of halogens is 1. The quantitative estimate of drug-likeness (QED) is 0.835. The number of rotatable bonds is 5. The molecule has 0 atom stereocenters. The van der Waals surface area contributed by atoms with E-state index in [1.165, 1.54) is 16.8 Å². The minimum atomic E-state index is -0.769. The van der Waals surface area contributed by atoms with E-state index in [2.05, 4.69) is 15.7 Å². The topological polar surface area (TPSA) is 93.1 Å². The number of amides is 2. The summed E-state index contributed by atoms with van der Waals surface area (Å²) in [7, 11) is 0. The molecule has 0 aliphatic carbocycles. The molecule has 0 bridgehead atoms. The molecule has 0 aliphatic heterocycles. The molecule has 2 amide bonds. The van der Waals surface area contributed by atoms with Crippen molar-refractivity contribution in [1.29, 1.82) is 0 Å². The van der Waals surface area contributed by atoms with Crippen molar-refractivity contribution in [3.05, 3.63) is 39.9 Å². The SMILES string of the molecule is CCNC(=O)CNC(=O)c1nn(CC)c2ccc(F)cc2c1=O. The van der Waals surface area contributed by atoms with Crippen molar-refractivity contribution < 1.29 is 14.0 Å². The van der Waals surface area contributed by atoms with E-state index in [-0.39, 0.29) is 23.5 Å². The Labute approximate surface area is 131 Å². The van der Waals surface area contributed by atoms with Gasteiger partial charge in [0, 0.05) is 13.1 Å². The first-order valence-corrected chi connectivity index (χ1v) is 7.23. The Morgan fingerprint density at radius 2 is 2.00 bits per heavy atom. The van der Waals surface area contributed by atoms with Gasteiger partial charge in [0.05, 0.1) is 17.4 Å². The molecule has 8 heteroatoms. The predicted molar refractivity (Wildman–Crippen MR) is 82.7 cm³/mol. The van der Waals surface area contributed by atoms with E-state index in [1.807, 2.05) is 0 Å². The van der Waals surface area contributed by atoms with Crippen molar-refractivity contribution >= 4 is 22.7 Å². The molecule has 1 heterocycles. The lowest BCUT2D eigenvalue weighted by Crippen LogP contribution is -2.39. The molecular formula is C15H17FN4O3. The summed E-state index contributed by atoms with van der Waals surface area (Å²) >= 11 is 0. The summed E-state index contributed by atoms with van der Waals surface area (Å²) in [4.78, 5) is 35.8. The van der Waals surface area contributed by atoms with Crippen LogP contribution in [0.2, 0.25) is 0 Å². The maximum Gasteiger partial charge on any atom is 0.276 e. The normalized spacial score (nSPS) is 10.6. The van der Waals surface area contributed by atoms with Crippen molar-refractivity contribution in [1.82, 2.24) is 20.4 Å². The largest absolute Gasteiger partial charge is 0.355 e. The van der Waals surface area contributed by atoms with Gasteiger partial charge in [-0.2, -0.15) is 5.10 Å². The number of nitrogens with one attached hydrogen (secondary N) is 2. The monoisotopic (exact) mass is 320 g/mol. The van der Waals surface area contributed by atoms with Crippen LogP contribution < -0.4 is 16.1 Å². The van der Waals surface area contributed by atoms with Gasteiger partial charge >= 0.3 is 0 Å². The molecule has 7 nitrogen and oxygen atoms in total. The summed E-state index contributed by atoms with van der Waals surface area (Å²) in [6, 6.07) is 3.75. The number of carbonyl (C=O) groups excluding carboxylic acids is 2. The number of benzene rings is 1. The molecule has 0 aliphatic rings. The van der Waals surface area contributed by atoms with Crippen LogP contribution >= 0.6 is 0 Å². The van der Waals surface area contributed by atoms with Crippen LogP contribution in [0.3, 0.4) is 0 Å². The fourth-order valence-electron chi connectivity index (χ4n) is 2.16. The maximum absolute atomic E-state index is 13.4. The minimum Gasteiger partial charge on any atom is -0.355 e. The smallest absolute Gasteiger partial charge is 0.276 e. The van der Waals surface area contributed by atoms with Crippen molar-refractivity contribution in [2.24, 2.45) is 0 Å². The lowest BCUT2D eigenvalue weighted by atomic mass is 10.2. The van der Waals surface area contributed by atoms with E-state index >= 15 is 0 Å². The van der Waals surface area contributed by atoms with Gasteiger partial charge in [0.2, 0.25) is 11.3 Å². The van der Waals surface area contributed by atoms with E-state index in [1.54, 1.807) is 13.8 Å². The zero-order chi connectivity index (χ0) is 17.0. The fourth-order valence-corrected chi connectivity index (χ4v) is 2.16. The standard InChI is InChI=1S/C15H17FN4O3/c1-3-17-12(21)8-18-15(23)13-14(22)10-7-9(16)5-6-11(10)20(4-2)19-13/h5-7H,3-4,8H2,1-2H3,(H,17,21)(H,18,23). The Hall–Kier alpha value is -2.77. The second-order valence-corrected chi connectivity index (χ2v) is 4.79. The van der Waals surface area contributed by atoms with Crippen LogP contribution in [0, 0.1) is 5.82 Å². The number of likely N-dealkylation sites (N-methyl/N-ethyl adjacent to an activating group) is 1. The summed E-state index contributed by atoms with van der Waals surface area (Å²) in [6.07, 6.45) is 0. The highest BCUT2D eigenvalue weighted by molar-refractivity contribution is 5.97. The van der Waals surface area contributed by atoms with Crippen LogP contribution in [-0.2, 0) is 11.3 Å². The number of carbonyl (C=O) groups is 2. The number of hydrogen-bond acceptors (Lipinski definition) is 4. The van der Waals surface area contributed by atoms with Crippen LogP contribution in [0.15, 0.2) is 23.0 Å². The van der Waals surface area contributed by atoms with Crippen molar-refractivity contribution in [2.75, 3.05) is 13.1 Å². The Kier molecular flexibility index (Phi) is 5.05. The van der Waals surface area contributed by atoms with Crippen LogP contribution in [0.4, 0.5) is 4.39 Å². The minimum absolute atomic E-state index is 0.0741. The zero-order valence-corrected chi connectivity index (χ0v) is 12.9.